The number of benzene rings is 2. The first-order chi connectivity index (χ1) is 11.7. The Morgan fingerprint density at radius 2 is 1.96 bits per heavy atom. The number of aliphatic imine (C=N–C) groups is 2. The monoisotopic (exact) mass is 360 g/mol. The molecule has 0 unspecified atom stereocenters. The second-order valence-corrected chi connectivity index (χ2v) is 5.76. The number of fused-ring (bicyclic) bond motifs is 1. The lowest BCUT2D eigenvalue weighted by Gasteiger charge is -2.08. The number of carbonyl (C=O) groups is 1. The summed E-state index contributed by atoms with van der Waals surface area (Å²) in [5.74, 6) is 0.0422. The van der Waals surface area contributed by atoms with Crippen LogP contribution in [0.5, 0.6) is 0 Å². The maximum Gasteiger partial charge on any atom is 0.253 e. The predicted molar refractivity (Wildman–Crippen MR) is 97.5 cm³/mol. The van der Waals surface area contributed by atoms with Gasteiger partial charge < -0.3 is 0 Å². The van der Waals surface area contributed by atoms with Crippen molar-refractivity contribution >= 4 is 46.3 Å². The average molecular weight is 361 g/mol. The van der Waals surface area contributed by atoms with E-state index in [0.717, 1.165) is 22.5 Å². The summed E-state index contributed by atoms with van der Waals surface area (Å²) in [6, 6.07) is 15.3. The fraction of sp³-hybridized carbons (Fsp3) is 0.118. The second-order valence-electron chi connectivity index (χ2n) is 5.06. The number of rotatable bonds is 2. The molecule has 5 nitrogen and oxygen atoms in total. The Bertz CT molecular complexity index is 819. The quantitative estimate of drug-likeness (QED) is 0.638. The van der Waals surface area contributed by atoms with Gasteiger partial charge in [-0.15, -0.1) is 11.6 Å². The molecule has 0 radical (unpaired) electrons. The molecule has 1 amide bonds. The van der Waals surface area contributed by atoms with Crippen LogP contribution in [0.15, 0.2) is 58.5 Å². The van der Waals surface area contributed by atoms with Crippen LogP contribution in [0.1, 0.15) is 11.1 Å². The van der Waals surface area contributed by atoms with E-state index in [4.69, 9.17) is 23.2 Å². The third kappa shape index (κ3) is 3.75. The summed E-state index contributed by atoms with van der Waals surface area (Å²) in [5, 5.41) is 0.611. The van der Waals surface area contributed by atoms with E-state index in [2.05, 4.69) is 20.8 Å². The first-order valence-electron chi connectivity index (χ1n) is 7.25. The number of hydrogen-bond acceptors (Lipinski definition) is 4. The first-order valence-corrected chi connectivity index (χ1v) is 8.17. The average Bonchev–Trinajstić information content (AvgIpc) is 2.79. The molecule has 1 aliphatic rings. The van der Waals surface area contributed by atoms with Crippen molar-refractivity contribution in [3.63, 3.8) is 0 Å². The Morgan fingerprint density at radius 1 is 1.17 bits per heavy atom. The maximum atomic E-state index is 11.3. The minimum atomic E-state index is -0.341. The van der Waals surface area contributed by atoms with Gasteiger partial charge in [0.05, 0.1) is 17.9 Å². The van der Waals surface area contributed by atoms with Gasteiger partial charge in [-0.2, -0.15) is 0 Å². The lowest BCUT2D eigenvalue weighted by Crippen LogP contribution is -2.43. The van der Waals surface area contributed by atoms with E-state index in [1.165, 1.54) is 0 Å². The zero-order valence-electron chi connectivity index (χ0n) is 12.6. The number of nitrogens with zero attached hydrogens (tertiary/aromatic N) is 2. The maximum absolute atomic E-state index is 11.3. The SMILES string of the molecule is O=C(CCl)NNC1=Nc2ccc(Cl)cc2C(c2ccccc2)=NC1. The fourth-order valence-corrected chi connectivity index (χ4v) is 2.54. The highest BCUT2D eigenvalue weighted by atomic mass is 35.5. The zero-order valence-corrected chi connectivity index (χ0v) is 14.1. The number of alkyl halides is 1. The smallest absolute Gasteiger partial charge is 0.253 e. The van der Waals surface area contributed by atoms with Gasteiger partial charge in [-0.25, -0.2) is 4.99 Å². The molecule has 0 atom stereocenters. The van der Waals surface area contributed by atoms with Crippen LogP contribution in [-0.4, -0.2) is 29.9 Å². The number of carbonyl (C=O) groups excluding carboxylic acids is 1. The van der Waals surface area contributed by atoms with Gasteiger partial charge in [0.2, 0.25) is 0 Å². The third-order valence-electron chi connectivity index (χ3n) is 3.37. The van der Waals surface area contributed by atoms with E-state index < -0.39 is 0 Å². The van der Waals surface area contributed by atoms with Gasteiger partial charge in [-0.3, -0.25) is 20.6 Å². The fourth-order valence-electron chi connectivity index (χ4n) is 2.30. The van der Waals surface area contributed by atoms with Crippen LogP contribution >= 0.6 is 23.2 Å². The van der Waals surface area contributed by atoms with Crippen molar-refractivity contribution in [3.8, 4) is 0 Å². The summed E-state index contributed by atoms with van der Waals surface area (Å²) in [6.07, 6.45) is 0. The van der Waals surface area contributed by atoms with Gasteiger partial charge >= 0.3 is 0 Å². The van der Waals surface area contributed by atoms with Crippen LogP contribution in [0, 0.1) is 0 Å². The lowest BCUT2D eigenvalue weighted by atomic mass is 10.0. The molecule has 0 aliphatic carbocycles. The van der Waals surface area contributed by atoms with Crippen LogP contribution < -0.4 is 10.9 Å². The Hall–Kier alpha value is -2.37. The van der Waals surface area contributed by atoms with E-state index in [1.54, 1.807) is 6.07 Å². The Kier molecular flexibility index (Phi) is 5.13. The molecule has 0 fully saturated rings. The molecule has 7 heteroatoms. The van der Waals surface area contributed by atoms with Crippen molar-refractivity contribution in [2.24, 2.45) is 9.98 Å². The van der Waals surface area contributed by atoms with Crippen molar-refractivity contribution in [1.82, 2.24) is 10.9 Å². The van der Waals surface area contributed by atoms with Crippen LogP contribution in [-0.2, 0) is 4.79 Å². The standard InChI is InChI=1S/C17H14Cl2N4O/c18-9-16(24)23-22-15-10-20-17(11-4-2-1-3-5-11)13-8-12(19)6-7-14(13)21-15/h1-8H,9-10H2,(H,21,22)(H,23,24). The molecular weight excluding hydrogens is 347 g/mol. The van der Waals surface area contributed by atoms with E-state index >= 15 is 0 Å². The molecule has 0 spiro atoms. The number of amides is 1. The second kappa shape index (κ2) is 7.47. The van der Waals surface area contributed by atoms with Crippen LogP contribution in [0.3, 0.4) is 0 Å². The van der Waals surface area contributed by atoms with Gasteiger partial charge in [0.1, 0.15) is 11.7 Å². The summed E-state index contributed by atoms with van der Waals surface area (Å²) in [5.41, 5.74) is 8.59. The minimum Gasteiger partial charge on any atom is -0.284 e. The van der Waals surface area contributed by atoms with E-state index in [0.29, 0.717) is 17.4 Å². The molecule has 24 heavy (non-hydrogen) atoms. The molecule has 122 valence electrons. The van der Waals surface area contributed by atoms with Crippen LogP contribution in [0.2, 0.25) is 5.02 Å². The Labute approximate surface area is 149 Å². The van der Waals surface area contributed by atoms with E-state index in [9.17, 15) is 4.79 Å². The third-order valence-corrected chi connectivity index (χ3v) is 3.85. The van der Waals surface area contributed by atoms with Gasteiger partial charge in [0.25, 0.3) is 5.91 Å². The van der Waals surface area contributed by atoms with Gasteiger partial charge in [-0.05, 0) is 18.2 Å². The molecule has 0 bridgehead atoms. The van der Waals surface area contributed by atoms with Crippen LogP contribution in [0.25, 0.3) is 0 Å². The summed E-state index contributed by atoms with van der Waals surface area (Å²) in [7, 11) is 0. The summed E-state index contributed by atoms with van der Waals surface area (Å²) < 4.78 is 0. The van der Waals surface area contributed by atoms with E-state index in [1.807, 2.05) is 42.5 Å². The Balaban J connectivity index is 1.99. The summed E-state index contributed by atoms with van der Waals surface area (Å²) in [4.78, 5) is 20.5. The molecule has 2 N–H and O–H groups in total. The first kappa shape index (κ1) is 16.5. The highest BCUT2D eigenvalue weighted by Crippen LogP contribution is 2.28. The van der Waals surface area contributed by atoms with Crippen LogP contribution in [0.4, 0.5) is 5.69 Å². The number of halogens is 2. The van der Waals surface area contributed by atoms with Crippen molar-refractivity contribution in [2.45, 2.75) is 0 Å². The Morgan fingerprint density at radius 3 is 2.71 bits per heavy atom. The van der Waals surface area contributed by atoms with Crippen molar-refractivity contribution in [2.75, 3.05) is 12.4 Å². The normalized spacial score (nSPS) is 13.2. The van der Waals surface area contributed by atoms with Crippen molar-refractivity contribution < 1.29 is 4.79 Å². The molecule has 0 aromatic heterocycles. The number of hydrazine groups is 1. The van der Waals surface area contributed by atoms with Gasteiger partial charge in [0, 0.05) is 16.1 Å². The molecule has 2 aromatic rings. The topological polar surface area (TPSA) is 65.8 Å². The highest BCUT2D eigenvalue weighted by molar-refractivity contribution is 6.31. The number of hydrogen-bond donors (Lipinski definition) is 2. The molecule has 0 saturated heterocycles. The van der Waals surface area contributed by atoms with E-state index in [-0.39, 0.29) is 11.8 Å². The largest absolute Gasteiger partial charge is 0.284 e. The lowest BCUT2D eigenvalue weighted by molar-refractivity contribution is -0.119. The summed E-state index contributed by atoms with van der Waals surface area (Å²) in [6.45, 7) is 0.291. The van der Waals surface area contributed by atoms with Gasteiger partial charge in [-0.1, -0.05) is 41.9 Å². The molecule has 2 aromatic carbocycles. The molecular formula is C17H14Cl2N4O. The van der Waals surface area contributed by atoms with Crippen molar-refractivity contribution in [3.05, 3.63) is 64.7 Å². The minimum absolute atomic E-state index is 0.134. The molecule has 1 aliphatic heterocycles. The van der Waals surface area contributed by atoms with Crippen molar-refractivity contribution in [1.29, 1.82) is 0 Å². The van der Waals surface area contributed by atoms with Gasteiger partial charge in [0.15, 0.2) is 0 Å². The molecule has 3 rings (SSSR count). The molecule has 0 saturated carbocycles. The zero-order chi connectivity index (χ0) is 16.9. The number of nitrogens with one attached hydrogen (secondary N) is 2. The predicted octanol–water partition coefficient (Wildman–Crippen LogP) is 3.08. The highest BCUT2D eigenvalue weighted by Gasteiger charge is 2.16. The molecule has 1 heterocycles. The summed E-state index contributed by atoms with van der Waals surface area (Å²) >= 11 is 11.6. The number of amidine groups is 1.